The van der Waals surface area contributed by atoms with Gasteiger partial charge in [-0.3, -0.25) is 9.89 Å². The van der Waals surface area contributed by atoms with E-state index in [0.29, 0.717) is 24.0 Å². The van der Waals surface area contributed by atoms with Crippen molar-refractivity contribution < 1.29 is 9.47 Å². The van der Waals surface area contributed by atoms with Crippen molar-refractivity contribution in [1.82, 2.24) is 9.80 Å². The highest BCUT2D eigenvalue weighted by molar-refractivity contribution is 5.78. The van der Waals surface area contributed by atoms with Crippen LogP contribution in [0.25, 0.3) is 0 Å². The molecule has 1 aliphatic carbocycles. The minimum Gasteiger partial charge on any atom is -0.381 e. The van der Waals surface area contributed by atoms with Crippen molar-refractivity contribution >= 4 is 5.96 Å². The van der Waals surface area contributed by atoms with Crippen molar-refractivity contribution in [3.8, 4) is 0 Å². The molecule has 2 heterocycles. The fraction of sp³-hybridized carbons (Fsp3) is 0.933. The van der Waals surface area contributed by atoms with Crippen molar-refractivity contribution in [2.24, 2.45) is 16.6 Å². The summed E-state index contributed by atoms with van der Waals surface area (Å²) in [7, 11) is 2.05. The maximum absolute atomic E-state index is 6.14. The van der Waals surface area contributed by atoms with Crippen LogP contribution in [0.5, 0.6) is 0 Å². The Morgan fingerprint density at radius 2 is 2.00 bits per heavy atom. The van der Waals surface area contributed by atoms with E-state index >= 15 is 0 Å². The van der Waals surface area contributed by atoms with Gasteiger partial charge in [0.05, 0.1) is 26.4 Å². The van der Waals surface area contributed by atoms with Crippen LogP contribution in [0.15, 0.2) is 4.99 Å². The number of morpholine rings is 1. The van der Waals surface area contributed by atoms with Crippen molar-refractivity contribution in [2.45, 2.75) is 31.3 Å². The standard InChI is InChI=1S/C15H28N4O2/c1-18(13-2-3-13)15(16)17-10-14(12-4-7-21-11-12)19-5-8-20-9-6-19/h12-14H,2-11H2,1H3,(H2,16,17)/t12-,14+/m1/s1. The minimum atomic E-state index is 0.433. The number of nitrogens with two attached hydrogens (primary N) is 1. The van der Waals surface area contributed by atoms with Gasteiger partial charge in [0, 0.05) is 44.7 Å². The van der Waals surface area contributed by atoms with Gasteiger partial charge in [0.25, 0.3) is 0 Å². The Kier molecular flexibility index (Phi) is 4.98. The molecule has 2 N–H and O–H groups in total. The molecule has 3 rings (SSSR count). The third-order valence-corrected chi connectivity index (χ3v) is 4.92. The summed E-state index contributed by atoms with van der Waals surface area (Å²) in [5.74, 6) is 1.26. The van der Waals surface area contributed by atoms with Crippen LogP contribution in [0.2, 0.25) is 0 Å². The third-order valence-electron chi connectivity index (χ3n) is 4.92. The quantitative estimate of drug-likeness (QED) is 0.577. The average molecular weight is 296 g/mol. The number of rotatable bonds is 5. The van der Waals surface area contributed by atoms with Crippen LogP contribution in [0.3, 0.4) is 0 Å². The fourth-order valence-electron chi connectivity index (χ4n) is 3.28. The van der Waals surface area contributed by atoms with E-state index in [1.807, 2.05) is 0 Å². The Labute approximate surface area is 127 Å². The molecular formula is C15H28N4O2. The zero-order chi connectivity index (χ0) is 14.7. The van der Waals surface area contributed by atoms with Gasteiger partial charge in [-0.1, -0.05) is 0 Å². The topological polar surface area (TPSA) is 63.3 Å². The summed E-state index contributed by atoms with van der Waals surface area (Å²) >= 11 is 0. The highest BCUT2D eigenvalue weighted by atomic mass is 16.5. The van der Waals surface area contributed by atoms with Gasteiger partial charge in [-0.25, -0.2) is 0 Å². The first-order valence-electron chi connectivity index (χ1n) is 8.18. The molecule has 2 aliphatic heterocycles. The van der Waals surface area contributed by atoms with Crippen LogP contribution in [0.1, 0.15) is 19.3 Å². The lowest BCUT2D eigenvalue weighted by Crippen LogP contribution is -2.49. The first kappa shape index (κ1) is 15.1. The molecule has 0 aromatic carbocycles. The molecule has 3 aliphatic rings. The predicted molar refractivity (Wildman–Crippen MR) is 82.4 cm³/mol. The van der Waals surface area contributed by atoms with Gasteiger partial charge in [-0.05, 0) is 19.3 Å². The largest absolute Gasteiger partial charge is 0.381 e. The van der Waals surface area contributed by atoms with Crippen LogP contribution in [0.4, 0.5) is 0 Å². The summed E-state index contributed by atoms with van der Waals surface area (Å²) < 4.78 is 11.1. The summed E-state index contributed by atoms with van der Waals surface area (Å²) in [4.78, 5) is 9.32. The Balaban J connectivity index is 1.61. The minimum absolute atomic E-state index is 0.433. The fourth-order valence-corrected chi connectivity index (χ4v) is 3.28. The van der Waals surface area contributed by atoms with Gasteiger partial charge >= 0.3 is 0 Å². The molecular weight excluding hydrogens is 268 g/mol. The molecule has 2 atom stereocenters. The SMILES string of the molecule is CN(C(N)=NC[C@@H]([C@@H]1CCOC1)N1CCOCC1)C1CC1. The molecule has 0 amide bonds. The van der Waals surface area contributed by atoms with E-state index in [4.69, 9.17) is 15.2 Å². The summed E-state index contributed by atoms with van der Waals surface area (Å²) in [5, 5.41) is 0. The Morgan fingerprint density at radius 1 is 1.24 bits per heavy atom. The van der Waals surface area contributed by atoms with Crippen LogP contribution < -0.4 is 5.73 Å². The summed E-state index contributed by atoms with van der Waals surface area (Å²) in [6.45, 7) is 6.15. The third kappa shape index (κ3) is 3.87. The number of guanidine groups is 1. The molecule has 120 valence electrons. The van der Waals surface area contributed by atoms with E-state index in [0.717, 1.165) is 52.5 Å². The average Bonchev–Trinajstić information content (AvgIpc) is 3.24. The lowest BCUT2D eigenvalue weighted by atomic mass is 9.97. The second-order valence-electron chi connectivity index (χ2n) is 6.38. The lowest BCUT2D eigenvalue weighted by molar-refractivity contribution is 0.00365. The molecule has 2 saturated heterocycles. The van der Waals surface area contributed by atoms with E-state index in [9.17, 15) is 0 Å². The highest BCUT2D eigenvalue weighted by Crippen LogP contribution is 2.25. The molecule has 0 unspecified atom stereocenters. The summed E-state index contributed by atoms with van der Waals surface area (Å²) in [6, 6.07) is 1.05. The van der Waals surface area contributed by atoms with Crippen molar-refractivity contribution in [2.75, 3.05) is 53.1 Å². The zero-order valence-corrected chi connectivity index (χ0v) is 13.0. The molecule has 1 saturated carbocycles. The van der Waals surface area contributed by atoms with E-state index < -0.39 is 0 Å². The second kappa shape index (κ2) is 6.94. The monoisotopic (exact) mass is 296 g/mol. The van der Waals surface area contributed by atoms with E-state index in [2.05, 4.69) is 21.8 Å². The van der Waals surface area contributed by atoms with Crippen molar-refractivity contribution in [3.05, 3.63) is 0 Å². The number of hydrogen-bond donors (Lipinski definition) is 1. The predicted octanol–water partition coefficient (Wildman–Crippen LogP) is 0.133. The Bertz CT molecular complexity index is 361. The van der Waals surface area contributed by atoms with Crippen LogP contribution in [-0.4, -0.2) is 81.0 Å². The molecule has 0 radical (unpaired) electrons. The molecule has 0 bridgehead atoms. The first-order chi connectivity index (χ1) is 10.3. The van der Waals surface area contributed by atoms with Gasteiger partial charge in [0.15, 0.2) is 5.96 Å². The normalized spacial score (nSPS) is 29.6. The van der Waals surface area contributed by atoms with Crippen molar-refractivity contribution in [3.63, 3.8) is 0 Å². The van der Waals surface area contributed by atoms with Crippen LogP contribution >= 0.6 is 0 Å². The molecule has 6 nitrogen and oxygen atoms in total. The number of ether oxygens (including phenoxy) is 2. The molecule has 0 spiro atoms. The van der Waals surface area contributed by atoms with Gasteiger partial charge in [0.1, 0.15) is 0 Å². The van der Waals surface area contributed by atoms with E-state index in [-0.39, 0.29) is 0 Å². The smallest absolute Gasteiger partial charge is 0.191 e. The number of nitrogens with zero attached hydrogens (tertiary/aromatic N) is 3. The maximum atomic E-state index is 6.14. The highest BCUT2D eigenvalue weighted by Gasteiger charge is 2.32. The number of aliphatic imine (C=N–C) groups is 1. The summed E-state index contributed by atoms with van der Waals surface area (Å²) in [5.41, 5.74) is 6.14. The first-order valence-corrected chi connectivity index (χ1v) is 8.18. The zero-order valence-electron chi connectivity index (χ0n) is 13.0. The molecule has 3 fully saturated rings. The molecule has 6 heteroatoms. The molecule has 0 aromatic rings. The van der Waals surface area contributed by atoms with Crippen molar-refractivity contribution in [1.29, 1.82) is 0 Å². The van der Waals surface area contributed by atoms with E-state index in [1.54, 1.807) is 0 Å². The number of hydrogen-bond acceptors (Lipinski definition) is 4. The molecule has 21 heavy (non-hydrogen) atoms. The molecule has 0 aromatic heterocycles. The van der Waals surface area contributed by atoms with Gasteiger partial charge in [-0.2, -0.15) is 0 Å². The second-order valence-corrected chi connectivity index (χ2v) is 6.38. The van der Waals surface area contributed by atoms with E-state index in [1.165, 1.54) is 12.8 Å². The Hall–Kier alpha value is -0.850. The van der Waals surface area contributed by atoms with Gasteiger partial charge in [-0.15, -0.1) is 0 Å². The van der Waals surface area contributed by atoms with Gasteiger partial charge in [0.2, 0.25) is 0 Å². The summed E-state index contributed by atoms with van der Waals surface area (Å²) in [6.07, 6.45) is 3.63. The van der Waals surface area contributed by atoms with Gasteiger partial charge < -0.3 is 20.1 Å². The van der Waals surface area contributed by atoms with Crippen LogP contribution in [0, 0.1) is 5.92 Å². The Morgan fingerprint density at radius 3 is 2.62 bits per heavy atom. The van der Waals surface area contributed by atoms with Crippen LogP contribution in [-0.2, 0) is 9.47 Å². The maximum Gasteiger partial charge on any atom is 0.191 e. The lowest BCUT2D eigenvalue weighted by Gasteiger charge is -2.36.